The minimum Gasteiger partial charge on any atom is -0.326 e. The van der Waals surface area contributed by atoms with Gasteiger partial charge in [-0.2, -0.15) is 13.2 Å². The fraction of sp³-hybridized carbons (Fsp3) is 0.133. The predicted octanol–water partition coefficient (Wildman–Crippen LogP) is 3.72. The molecule has 0 saturated heterocycles. The number of aromatic nitrogens is 1. The molecule has 0 unspecified atom stereocenters. The summed E-state index contributed by atoms with van der Waals surface area (Å²) in [5.41, 5.74) is -0.718. The first-order valence-corrected chi connectivity index (χ1v) is 7.01. The summed E-state index contributed by atoms with van der Waals surface area (Å²) in [6.07, 6.45) is -3.67. The van der Waals surface area contributed by atoms with Crippen molar-refractivity contribution < 1.29 is 22.8 Å². The van der Waals surface area contributed by atoms with Crippen molar-refractivity contribution >= 4 is 34.8 Å². The molecule has 2 rings (SSSR count). The van der Waals surface area contributed by atoms with Crippen LogP contribution in [-0.2, 0) is 15.8 Å². The molecule has 0 atom stereocenters. The average molecular weight is 358 g/mol. The number of carbonyl (C=O) groups is 2. The number of rotatable bonds is 4. The molecule has 0 saturated carbocycles. The highest BCUT2D eigenvalue weighted by molar-refractivity contribution is 6.32. The van der Waals surface area contributed by atoms with Crippen molar-refractivity contribution in [2.24, 2.45) is 0 Å². The molecule has 1 aromatic carbocycles. The number of benzene rings is 1. The Morgan fingerprint density at radius 2 is 1.79 bits per heavy atom. The van der Waals surface area contributed by atoms with E-state index in [4.69, 9.17) is 11.6 Å². The van der Waals surface area contributed by atoms with Gasteiger partial charge in [0.25, 0.3) is 0 Å². The molecule has 0 spiro atoms. The van der Waals surface area contributed by atoms with E-state index in [1.165, 1.54) is 18.3 Å². The molecule has 0 aliphatic carbocycles. The number of anilines is 2. The Morgan fingerprint density at radius 3 is 2.46 bits per heavy atom. The Morgan fingerprint density at radius 1 is 1.08 bits per heavy atom. The molecule has 2 amide bonds. The van der Waals surface area contributed by atoms with Crippen LogP contribution in [0.3, 0.4) is 0 Å². The lowest BCUT2D eigenvalue weighted by Crippen LogP contribution is -2.21. The summed E-state index contributed by atoms with van der Waals surface area (Å²) in [5, 5.41) is 4.69. The Hall–Kier alpha value is -2.61. The maximum atomic E-state index is 12.6. The Bertz CT molecular complexity index is 766. The van der Waals surface area contributed by atoms with Gasteiger partial charge in [0, 0.05) is 11.9 Å². The van der Waals surface area contributed by atoms with Crippen molar-refractivity contribution in [1.29, 1.82) is 0 Å². The number of nitrogens with one attached hydrogen (secondary N) is 2. The van der Waals surface area contributed by atoms with Crippen LogP contribution in [-0.4, -0.2) is 16.8 Å². The summed E-state index contributed by atoms with van der Waals surface area (Å²) in [7, 11) is 0. The quantitative estimate of drug-likeness (QED) is 0.647. The first kappa shape index (κ1) is 17.7. The number of carbonyl (C=O) groups excluding carboxylic acids is 2. The lowest BCUT2D eigenvalue weighted by atomic mass is 10.2. The molecular weight excluding hydrogens is 347 g/mol. The average Bonchev–Trinajstić information content (AvgIpc) is 2.49. The second kappa shape index (κ2) is 7.31. The summed E-state index contributed by atoms with van der Waals surface area (Å²) in [5.74, 6) is -1.43. The van der Waals surface area contributed by atoms with Crippen LogP contribution in [0.4, 0.5) is 24.5 Å². The molecule has 0 bridgehead atoms. The number of nitrogens with zero attached hydrogens (tertiary/aromatic N) is 1. The molecule has 0 aliphatic heterocycles. The van der Waals surface area contributed by atoms with Crippen LogP contribution in [0.2, 0.25) is 5.15 Å². The molecule has 0 radical (unpaired) electrons. The van der Waals surface area contributed by atoms with E-state index in [9.17, 15) is 22.8 Å². The van der Waals surface area contributed by atoms with Gasteiger partial charge in [0.05, 0.1) is 11.3 Å². The minimum atomic E-state index is -4.52. The van der Waals surface area contributed by atoms with Crippen molar-refractivity contribution in [2.75, 3.05) is 10.6 Å². The third kappa shape index (κ3) is 4.95. The van der Waals surface area contributed by atoms with Crippen LogP contribution in [0.1, 0.15) is 12.0 Å². The number of amides is 2. The van der Waals surface area contributed by atoms with E-state index in [1.807, 2.05) is 0 Å². The van der Waals surface area contributed by atoms with Crippen LogP contribution in [0.5, 0.6) is 0 Å². The zero-order valence-corrected chi connectivity index (χ0v) is 12.8. The third-order valence-electron chi connectivity index (χ3n) is 2.83. The number of hydrogen-bond donors (Lipinski definition) is 2. The second-order valence-electron chi connectivity index (χ2n) is 4.69. The zero-order chi connectivity index (χ0) is 17.7. The van der Waals surface area contributed by atoms with E-state index in [0.717, 1.165) is 18.2 Å². The summed E-state index contributed by atoms with van der Waals surface area (Å²) in [6, 6.07) is 7.17. The van der Waals surface area contributed by atoms with Crippen LogP contribution in [0, 0.1) is 0 Å². The summed E-state index contributed by atoms with van der Waals surface area (Å²) < 4.78 is 37.8. The molecular formula is C15H11ClF3N3O2. The van der Waals surface area contributed by atoms with Crippen molar-refractivity contribution in [2.45, 2.75) is 12.6 Å². The Labute approximate surface area is 139 Å². The van der Waals surface area contributed by atoms with E-state index >= 15 is 0 Å². The lowest BCUT2D eigenvalue weighted by Gasteiger charge is -2.10. The van der Waals surface area contributed by atoms with E-state index in [0.29, 0.717) is 0 Å². The summed E-state index contributed by atoms with van der Waals surface area (Å²) in [6.45, 7) is 0. The zero-order valence-electron chi connectivity index (χ0n) is 12.0. The maximum absolute atomic E-state index is 12.6. The highest BCUT2D eigenvalue weighted by Crippen LogP contribution is 2.30. The van der Waals surface area contributed by atoms with Crippen molar-refractivity contribution in [3.8, 4) is 0 Å². The first-order chi connectivity index (χ1) is 11.3. The molecule has 1 aromatic heterocycles. The Kier molecular flexibility index (Phi) is 5.40. The molecule has 1 heterocycles. The highest BCUT2D eigenvalue weighted by Gasteiger charge is 2.30. The van der Waals surface area contributed by atoms with Gasteiger partial charge in [0.2, 0.25) is 11.8 Å². The van der Waals surface area contributed by atoms with E-state index in [-0.39, 0.29) is 16.5 Å². The fourth-order valence-electron chi connectivity index (χ4n) is 1.80. The van der Waals surface area contributed by atoms with Gasteiger partial charge in [-0.25, -0.2) is 4.98 Å². The number of halogens is 4. The fourth-order valence-corrected chi connectivity index (χ4v) is 1.96. The summed E-state index contributed by atoms with van der Waals surface area (Å²) in [4.78, 5) is 27.3. The van der Waals surface area contributed by atoms with Crippen molar-refractivity contribution in [3.63, 3.8) is 0 Å². The molecule has 2 aromatic rings. The highest BCUT2D eigenvalue weighted by atomic mass is 35.5. The number of alkyl halides is 3. The molecule has 0 aliphatic rings. The van der Waals surface area contributed by atoms with Gasteiger partial charge in [-0.1, -0.05) is 17.7 Å². The number of pyridine rings is 1. The molecule has 126 valence electrons. The van der Waals surface area contributed by atoms with E-state index in [2.05, 4.69) is 15.6 Å². The third-order valence-corrected chi connectivity index (χ3v) is 3.13. The summed E-state index contributed by atoms with van der Waals surface area (Å²) >= 11 is 5.76. The standard InChI is InChI=1S/C15H11ClF3N3O2/c16-14-11(5-2-6-20-14)22-13(24)8-12(23)21-10-4-1-3-9(7-10)15(17,18)19/h1-7H,8H2,(H,21,23)(H,22,24). The topological polar surface area (TPSA) is 71.1 Å². The maximum Gasteiger partial charge on any atom is 0.416 e. The van der Waals surface area contributed by atoms with E-state index in [1.54, 1.807) is 6.07 Å². The Balaban J connectivity index is 1.96. The van der Waals surface area contributed by atoms with Gasteiger partial charge < -0.3 is 10.6 Å². The smallest absolute Gasteiger partial charge is 0.326 e. The lowest BCUT2D eigenvalue weighted by molar-refractivity contribution is -0.137. The van der Waals surface area contributed by atoms with E-state index < -0.39 is 30.0 Å². The van der Waals surface area contributed by atoms with Gasteiger partial charge in [0.1, 0.15) is 6.42 Å². The number of hydrogen-bond acceptors (Lipinski definition) is 3. The largest absolute Gasteiger partial charge is 0.416 e. The molecule has 24 heavy (non-hydrogen) atoms. The molecule has 5 nitrogen and oxygen atoms in total. The first-order valence-electron chi connectivity index (χ1n) is 6.63. The van der Waals surface area contributed by atoms with Gasteiger partial charge in [-0.3, -0.25) is 9.59 Å². The molecule has 0 fully saturated rings. The minimum absolute atomic E-state index is 0.0537. The molecule has 9 heteroatoms. The van der Waals surface area contributed by atoms with Gasteiger partial charge >= 0.3 is 6.18 Å². The monoisotopic (exact) mass is 357 g/mol. The normalized spacial score (nSPS) is 11.0. The van der Waals surface area contributed by atoms with Gasteiger partial charge in [-0.05, 0) is 30.3 Å². The van der Waals surface area contributed by atoms with Crippen LogP contribution in [0.25, 0.3) is 0 Å². The van der Waals surface area contributed by atoms with Crippen molar-refractivity contribution in [3.05, 3.63) is 53.3 Å². The SMILES string of the molecule is O=C(CC(=O)Nc1cccnc1Cl)Nc1cccc(C(F)(F)F)c1. The molecule has 2 N–H and O–H groups in total. The van der Waals surface area contributed by atoms with Crippen LogP contribution >= 0.6 is 11.6 Å². The van der Waals surface area contributed by atoms with Crippen LogP contribution < -0.4 is 10.6 Å². The van der Waals surface area contributed by atoms with Crippen molar-refractivity contribution in [1.82, 2.24) is 4.98 Å². The van der Waals surface area contributed by atoms with Gasteiger partial charge in [-0.15, -0.1) is 0 Å². The predicted molar refractivity (Wildman–Crippen MR) is 82.6 cm³/mol. The second-order valence-corrected chi connectivity index (χ2v) is 5.05. The van der Waals surface area contributed by atoms with Gasteiger partial charge in [0.15, 0.2) is 5.15 Å². The van der Waals surface area contributed by atoms with Crippen LogP contribution in [0.15, 0.2) is 42.6 Å².